The van der Waals surface area contributed by atoms with Crippen LogP contribution in [0.3, 0.4) is 0 Å². The molecule has 1 aliphatic rings. The molecule has 0 spiro atoms. The van der Waals surface area contributed by atoms with Gasteiger partial charge in [0.1, 0.15) is 12.4 Å². The summed E-state index contributed by atoms with van der Waals surface area (Å²) in [6, 6.07) is 5.69. The summed E-state index contributed by atoms with van der Waals surface area (Å²) in [7, 11) is 0. The molecule has 1 fully saturated rings. The van der Waals surface area contributed by atoms with Crippen LogP contribution >= 0.6 is 0 Å². The molecule has 108 valence electrons. The molecule has 1 saturated carbocycles. The molecule has 0 atom stereocenters. The number of nitrogens with zero attached hydrogens (tertiary/aromatic N) is 1. The first-order chi connectivity index (χ1) is 9.56. The largest absolute Gasteiger partial charge is 0.480 e. The van der Waals surface area contributed by atoms with Gasteiger partial charge in [0.2, 0.25) is 0 Å². The highest BCUT2D eigenvalue weighted by Gasteiger charge is 2.27. The molecule has 0 aliphatic heterocycles. The van der Waals surface area contributed by atoms with Gasteiger partial charge in [-0.2, -0.15) is 0 Å². The lowest BCUT2D eigenvalue weighted by Crippen LogP contribution is -2.43. The van der Waals surface area contributed by atoms with Gasteiger partial charge in [-0.05, 0) is 24.8 Å². The Labute approximate surface area is 116 Å². The third kappa shape index (κ3) is 4.22. The molecule has 0 aromatic heterocycles. The van der Waals surface area contributed by atoms with Crippen LogP contribution in [0.25, 0.3) is 0 Å². The van der Waals surface area contributed by atoms with Gasteiger partial charge in [0.15, 0.2) is 0 Å². The minimum absolute atomic E-state index is 0.0479. The number of amides is 2. The minimum atomic E-state index is -1.05. The van der Waals surface area contributed by atoms with Gasteiger partial charge in [0, 0.05) is 18.7 Å². The Balaban J connectivity index is 1.90. The summed E-state index contributed by atoms with van der Waals surface area (Å²) in [5, 5.41) is 11.4. The predicted octanol–water partition coefficient (Wildman–Crippen LogP) is 1.83. The lowest BCUT2D eigenvalue weighted by Gasteiger charge is -2.21. The highest BCUT2D eigenvalue weighted by molar-refractivity contribution is 5.80. The van der Waals surface area contributed by atoms with E-state index in [2.05, 4.69) is 5.32 Å². The Morgan fingerprint density at radius 3 is 2.65 bits per heavy atom. The third-order valence-corrected chi connectivity index (χ3v) is 3.18. The number of hydrogen-bond acceptors (Lipinski definition) is 2. The summed E-state index contributed by atoms with van der Waals surface area (Å²) >= 11 is 0. The van der Waals surface area contributed by atoms with Gasteiger partial charge in [-0.25, -0.2) is 9.18 Å². The SMILES string of the molecule is O=C(O)CN(CC1CC1)C(=O)NCc1ccccc1F. The number of urea groups is 1. The van der Waals surface area contributed by atoms with Crippen molar-refractivity contribution in [3.63, 3.8) is 0 Å². The summed E-state index contributed by atoms with van der Waals surface area (Å²) < 4.78 is 13.4. The van der Waals surface area contributed by atoms with Crippen LogP contribution < -0.4 is 5.32 Å². The predicted molar refractivity (Wildman–Crippen MR) is 70.6 cm³/mol. The van der Waals surface area contributed by atoms with Crippen molar-refractivity contribution in [1.29, 1.82) is 0 Å². The summed E-state index contributed by atoms with van der Waals surface area (Å²) in [6.45, 7) is 0.154. The van der Waals surface area contributed by atoms with Crippen molar-refractivity contribution in [3.8, 4) is 0 Å². The van der Waals surface area contributed by atoms with Crippen LogP contribution in [0.1, 0.15) is 18.4 Å². The molecule has 1 aliphatic carbocycles. The van der Waals surface area contributed by atoms with Crippen LogP contribution in [-0.4, -0.2) is 35.1 Å². The van der Waals surface area contributed by atoms with Crippen LogP contribution in [-0.2, 0) is 11.3 Å². The summed E-state index contributed by atoms with van der Waals surface area (Å²) in [5.41, 5.74) is 0.377. The Kier molecular flexibility index (Phi) is 4.55. The smallest absolute Gasteiger partial charge is 0.323 e. The van der Waals surface area contributed by atoms with Crippen molar-refractivity contribution in [2.75, 3.05) is 13.1 Å². The molecule has 1 aromatic carbocycles. The van der Waals surface area contributed by atoms with Gasteiger partial charge >= 0.3 is 12.0 Å². The number of carboxylic acids is 1. The number of carbonyl (C=O) groups excluding carboxylic acids is 1. The van der Waals surface area contributed by atoms with Crippen LogP contribution in [0.15, 0.2) is 24.3 Å². The lowest BCUT2D eigenvalue weighted by molar-refractivity contribution is -0.137. The van der Waals surface area contributed by atoms with Crippen molar-refractivity contribution in [2.24, 2.45) is 5.92 Å². The highest BCUT2D eigenvalue weighted by Crippen LogP contribution is 2.29. The van der Waals surface area contributed by atoms with E-state index < -0.39 is 12.0 Å². The topological polar surface area (TPSA) is 69.6 Å². The molecule has 1 aromatic rings. The van der Waals surface area contributed by atoms with Crippen molar-refractivity contribution in [2.45, 2.75) is 19.4 Å². The number of nitrogens with one attached hydrogen (secondary N) is 1. The Hall–Kier alpha value is -2.11. The average molecular weight is 280 g/mol. The molecule has 0 unspecified atom stereocenters. The number of aliphatic carboxylic acids is 1. The fourth-order valence-corrected chi connectivity index (χ4v) is 1.92. The molecule has 2 N–H and O–H groups in total. The molecule has 0 heterocycles. The van der Waals surface area contributed by atoms with Gasteiger partial charge in [-0.15, -0.1) is 0 Å². The fraction of sp³-hybridized carbons (Fsp3) is 0.429. The Morgan fingerprint density at radius 2 is 2.05 bits per heavy atom. The van der Waals surface area contributed by atoms with E-state index in [4.69, 9.17) is 5.11 Å². The summed E-state index contributed by atoms with van der Waals surface area (Å²) in [6.07, 6.45) is 2.05. The van der Waals surface area contributed by atoms with E-state index in [1.807, 2.05) is 0 Å². The maximum atomic E-state index is 13.4. The Bertz CT molecular complexity index is 503. The molecule has 0 radical (unpaired) electrons. The van der Waals surface area contributed by atoms with Crippen molar-refractivity contribution in [1.82, 2.24) is 10.2 Å². The minimum Gasteiger partial charge on any atom is -0.480 e. The van der Waals surface area contributed by atoms with E-state index in [0.29, 0.717) is 18.0 Å². The van der Waals surface area contributed by atoms with E-state index in [1.165, 1.54) is 11.0 Å². The fourth-order valence-electron chi connectivity index (χ4n) is 1.92. The quantitative estimate of drug-likeness (QED) is 0.835. The molecular weight excluding hydrogens is 263 g/mol. The normalized spacial score (nSPS) is 13.8. The van der Waals surface area contributed by atoms with Gasteiger partial charge < -0.3 is 15.3 Å². The molecule has 2 rings (SSSR count). The van der Waals surface area contributed by atoms with Gasteiger partial charge in [-0.3, -0.25) is 4.79 Å². The molecular formula is C14H17FN2O3. The zero-order valence-electron chi connectivity index (χ0n) is 11.0. The monoisotopic (exact) mass is 280 g/mol. The molecule has 5 nitrogen and oxygen atoms in total. The van der Waals surface area contributed by atoms with Crippen LogP contribution in [0.4, 0.5) is 9.18 Å². The first-order valence-corrected chi connectivity index (χ1v) is 6.54. The van der Waals surface area contributed by atoms with E-state index in [0.717, 1.165) is 12.8 Å². The van der Waals surface area contributed by atoms with E-state index in [9.17, 15) is 14.0 Å². The maximum absolute atomic E-state index is 13.4. The zero-order valence-corrected chi connectivity index (χ0v) is 11.0. The molecule has 0 bridgehead atoms. The molecule has 2 amide bonds. The second kappa shape index (κ2) is 6.36. The number of rotatable bonds is 6. The number of carboxylic acid groups (broad SMARTS) is 1. The van der Waals surface area contributed by atoms with Gasteiger partial charge in [0.05, 0.1) is 0 Å². The second-order valence-corrected chi connectivity index (χ2v) is 4.97. The second-order valence-electron chi connectivity index (χ2n) is 4.97. The first-order valence-electron chi connectivity index (χ1n) is 6.54. The van der Waals surface area contributed by atoms with E-state index in [-0.39, 0.29) is 18.9 Å². The van der Waals surface area contributed by atoms with E-state index in [1.54, 1.807) is 18.2 Å². The number of halogens is 1. The molecule has 6 heteroatoms. The van der Waals surface area contributed by atoms with Crippen molar-refractivity contribution < 1.29 is 19.1 Å². The lowest BCUT2D eigenvalue weighted by atomic mass is 10.2. The number of hydrogen-bond donors (Lipinski definition) is 2. The molecule has 20 heavy (non-hydrogen) atoms. The van der Waals surface area contributed by atoms with Crippen LogP contribution in [0, 0.1) is 11.7 Å². The summed E-state index contributed by atoms with van der Waals surface area (Å²) in [4.78, 5) is 24.0. The van der Waals surface area contributed by atoms with Crippen molar-refractivity contribution >= 4 is 12.0 Å². The standard InChI is InChI=1S/C14H17FN2O3/c15-12-4-2-1-3-11(12)7-16-14(20)17(9-13(18)19)8-10-5-6-10/h1-4,10H,5-9H2,(H,16,20)(H,18,19). The van der Waals surface area contributed by atoms with Gasteiger partial charge in [-0.1, -0.05) is 18.2 Å². The van der Waals surface area contributed by atoms with E-state index >= 15 is 0 Å². The summed E-state index contributed by atoms with van der Waals surface area (Å²) in [5.74, 6) is -1.04. The van der Waals surface area contributed by atoms with Crippen molar-refractivity contribution in [3.05, 3.63) is 35.6 Å². The maximum Gasteiger partial charge on any atom is 0.323 e. The molecule has 0 saturated heterocycles. The number of carbonyl (C=O) groups is 2. The van der Waals surface area contributed by atoms with Crippen LogP contribution in [0.2, 0.25) is 0 Å². The Morgan fingerprint density at radius 1 is 1.35 bits per heavy atom. The third-order valence-electron chi connectivity index (χ3n) is 3.18. The number of benzene rings is 1. The van der Waals surface area contributed by atoms with Crippen LogP contribution in [0.5, 0.6) is 0 Å². The average Bonchev–Trinajstić information content (AvgIpc) is 3.20. The van der Waals surface area contributed by atoms with Gasteiger partial charge in [0.25, 0.3) is 0 Å². The first kappa shape index (κ1) is 14.3. The highest BCUT2D eigenvalue weighted by atomic mass is 19.1. The zero-order chi connectivity index (χ0) is 14.5.